The molecular weight excluding hydrogens is 508 g/mol. The topological polar surface area (TPSA) is 52.6 Å². The average molecular weight is 577 g/mol. The van der Waals surface area contributed by atoms with Gasteiger partial charge < -0.3 is 9.47 Å². The van der Waals surface area contributed by atoms with Crippen molar-refractivity contribution in [3.8, 4) is 0 Å². The van der Waals surface area contributed by atoms with Crippen molar-refractivity contribution in [2.24, 2.45) is 0 Å². The highest BCUT2D eigenvalue weighted by atomic mass is 16.6. The molecule has 0 aliphatic heterocycles. The quantitative estimate of drug-likeness (QED) is 0.0468. The molecule has 4 heteroatoms. The van der Waals surface area contributed by atoms with E-state index in [1.807, 2.05) is 0 Å². The molecule has 41 heavy (non-hydrogen) atoms. The Labute approximate surface area is 255 Å². The first-order chi connectivity index (χ1) is 20.1. The van der Waals surface area contributed by atoms with Crippen molar-refractivity contribution in [2.75, 3.05) is 6.61 Å². The van der Waals surface area contributed by atoms with E-state index in [-0.39, 0.29) is 24.6 Å². The van der Waals surface area contributed by atoms with E-state index in [1.165, 1.54) is 109 Å². The molecule has 0 bridgehead atoms. The molecule has 0 N–H and O–H groups in total. The molecule has 1 atom stereocenters. The number of rotatable bonds is 31. The van der Waals surface area contributed by atoms with Crippen molar-refractivity contribution in [1.82, 2.24) is 0 Å². The average Bonchev–Trinajstić information content (AvgIpc) is 2.96. The fourth-order valence-corrected chi connectivity index (χ4v) is 4.97. The van der Waals surface area contributed by atoms with E-state index in [9.17, 15) is 9.59 Å². The van der Waals surface area contributed by atoms with Gasteiger partial charge in [0.05, 0.1) is 0 Å². The third kappa shape index (κ3) is 32.8. The van der Waals surface area contributed by atoms with Gasteiger partial charge in [-0.25, -0.2) is 0 Å². The first kappa shape index (κ1) is 39.4. The first-order valence-corrected chi connectivity index (χ1v) is 17.7. The summed E-state index contributed by atoms with van der Waals surface area (Å²) in [6.45, 7) is 6.46. The van der Waals surface area contributed by atoms with E-state index in [2.05, 4.69) is 38.2 Å². The predicted octanol–water partition coefficient (Wildman–Crippen LogP) is 11.8. The van der Waals surface area contributed by atoms with Crippen LogP contribution in [0.5, 0.6) is 0 Å². The summed E-state index contributed by atoms with van der Waals surface area (Å²) >= 11 is 0. The summed E-state index contributed by atoms with van der Waals surface area (Å²) in [5.74, 6) is -0.361. The fraction of sp³-hybridized carbons (Fsp3) is 0.838. The van der Waals surface area contributed by atoms with Crippen molar-refractivity contribution >= 4 is 11.9 Å². The van der Waals surface area contributed by atoms with Gasteiger partial charge >= 0.3 is 11.9 Å². The number of hydrogen-bond acceptors (Lipinski definition) is 4. The summed E-state index contributed by atoms with van der Waals surface area (Å²) in [4.78, 5) is 24.1. The highest BCUT2D eigenvalue weighted by molar-refractivity contribution is 5.70. The third-order valence-corrected chi connectivity index (χ3v) is 7.63. The van der Waals surface area contributed by atoms with Gasteiger partial charge in [0.15, 0.2) is 0 Å². The molecule has 0 aromatic rings. The number of carbonyl (C=O) groups is 2. The zero-order valence-electron chi connectivity index (χ0n) is 27.6. The number of hydrogen-bond donors (Lipinski definition) is 0. The number of ether oxygens (including phenoxy) is 2. The van der Waals surface area contributed by atoms with Gasteiger partial charge in [0.25, 0.3) is 0 Å². The molecule has 240 valence electrons. The van der Waals surface area contributed by atoms with Crippen LogP contribution < -0.4 is 0 Å². The Morgan fingerprint density at radius 3 is 1.41 bits per heavy atom. The van der Waals surface area contributed by atoms with E-state index in [1.54, 1.807) is 6.92 Å². The van der Waals surface area contributed by atoms with Crippen molar-refractivity contribution in [2.45, 2.75) is 194 Å². The molecule has 0 aromatic heterocycles. The van der Waals surface area contributed by atoms with Crippen molar-refractivity contribution in [1.29, 1.82) is 0 Å². The van der Waals surface area contributed by atoms with Crippen molar-refractivity contribution in [3.05, 3.63) is 24.3 Å². The summed E-state index contributed by atoms with van der Waals surface area (Å²) < 4.78 is 10.7. The van der Waals surface area contributed by atoms with Crippen LogP contribution in [0.25, 0.3) is 0 Å². The minimum atomic E-state index is -0.379. The maximum absolute atomic E-state index is 12.1. The molecule has 0 saturated carbocycles. The van der Waals surface area contributed by atoms with Crippen molar-refractivity contribution in [3.63, 3.8) is 0 Å². The minimum Gasteiger partial charge on any atom is -0.462 e. The number of unbranched alkanes of at least 4 members (excludes halogenated alkanes) is 20. The van der Waals surface area contributed by atoms with Crippen LogP contribution in [0, 0.1) is 0 Å². The SMILES string of the molecule is CCCCC/C=C\C/C=C\CCCCCCCC(=O)O[C@H](C)COC(=O)CCCCCCCCCCCCCCC. The molecule has 0 unspecified atom stereocenters. The molecule has 0 aliphatic carbocycles. The Balaban J connectivity index is 3.47. The van der Waals surface area contributed by atoms with E-state index < -0.39 is 0 Å². The van der Waals surface area contributed by atoms with Crippen LogP contribution in [-0.2, 0) is 19.1 Å². The van der Waals surface area contributed by atoms with E-state index in [0.29, 0.717) is 12.8 Å². The molecule has 0 spiro atoms. The van der Waals surface area contributed by atoms with Crippen LogP contribution in [0.4, 0.5) is 0 Å². The summed E-state index contributed by atoms with van der Waals surface area (Å²) in [5, 5.41) is 0. The lowest BCUT2D eigenvalue weighted by molar-refractivity contribution is -0.158. The number of allylic oxidation sites excluding steroid dienone is 4. The van der Waals surface area contributed by atoms with E-state index >= 15 is 0 Å². The number of carbonyl (C=O) groups excluding carboxylic acids is 2. The standard InChI is InChI=1S/C37H68O4/c1-4-6-8-10-12-14-16-18-19-21-23-25-27-29-31-33-37(39)41-35(3)34-40-36(38)32-30-28-26-24-22-20-17-15-13-11-9-7-5-2/h12,14,18-19,35H,4-11,13,15-17,20-34H2,1-3H3/b14-12-,19-18-/t35-/m1/s1. The zero-order chi connectivity index (χ0) is 30.1. The van der Waals surface area contributed by atoms with Crippen LogP contribution in [0.15, 0.2) is 24.3 Å². The highest BCUT2D eigenvalue weighted by Gasteiger charge is 2.12. The van der Waals surface area contributed by atoms with Gasteiger partial charge in [-0.05, 0) is 51.9 Å². The van der Waals surface area contributed by atoms with Crippen LogP contribution in [0.3, 0.4) is 0 Å². The molecule has 0 fully saturated rings. The second kappa shape index (κ2) is 32.9. The summed E-state index contributed by atoms with van der Waals surface area (Å²) in [6.07, 6.45) is 39.3. The Morgan fingerprint density at radius 2 is 0.902 bits per heavy atom. The van der Waals surface area contributed by atoms with E-state index in [0.717, 1.165) is 44.9 Å². The molecule has 4 nitrogen and oxygen atoms in total. The number of esters is 2. The molecule has 0 amide bonds. The molecule has 0 saturated heterocycles. The Morgan fingerprint density at radius 1 is 0.512 bits per heavy atom. The zero-order valence-corrected chi connectivity index (χ0v) is 27.6. The van der Waals surface area contributed by atoms with Crippen molar-refractivity contribution < 1.29 is 19.1 Å². The lowest BCUT2D eigenvalue weighted by atomic mass is 10.0. The third-order valence-electron chi connectivity index (χ3n) is 7.63. The maximum atomic E-state index is 12.1. The van der Waals surface area contributed by atoms with Gasteiger partial charge in [0, 0.05) is 12.8 Å². The van der Waals surface area contributed by atoms with Gasteiger partial charge in [-0.3, -0.25) is 9.59 Å². The van der Waals surface area contributed by atoms with Gasteiger partial charge in [0.2, 0.25) is 0 Å². The second-order valence-corrected chi connectivity index (χ2v) is 12.0. The normalized spacial score (nSPS) is 12.4. The van der Waals surface area contributed by atoms with Crippen LogP contribution in [0.2, 0.25) is 0 Å². The van der Waals surface area contributed by atoms with Crippen LogP contribution in [-0.4, -0.2) is 24.6 Å². The van der Waals surface area contributed by atoms with Gasteiger partial charge in [-0.1, -0.05) is 147 Å². The predicted molar refractivity (Wildman–Crippen MR) is 176 cm³/mol. The monoisotopic (exact) mass is 577 g/mol. The summed E-state index contributed by atoms with van der Waals surface area (Å²) in [7, 11) is 0. The first-order valence-electron chi connectivity index (χ1n) is 17.7. The molecular formula is C37H68O4. The second-order valence-electron chi connectivity index (χ2n) is 12.0. The Hall–Kier alpha value is -1.58. The molecule has 0 rings (SSSR count). The van der Waals surface area contributed by atoms with Crippen LogP contribution >= 0.6 is 0 Å². The summed E-state index contributed by atoms with van der Waals surface area (Å²) in [5.41, 5.74) is 0. The lowest BCUT2D eigenvalue weighted by Crippen LogP contribution is -2.22. The molecule has 0 aliphatic rings. The molecule has 0 radical (unpaired) electrons. The molecule has 0 aromatic carbocycles. The maximum Gasteiger partial charge on any atom is 0.306 e. The molecule has 0 heterocycles. The van der Waals surface area contributed by atoms with Gasteiger partial charge in [-0.2, -0.15) is 0 Å². The smallest absolute Gasteiger partial charge is 0.306 e. The highest BCUT2D eigenvalue weighted by Crippen LogP contribution is 2.13. The fourth-order valence-electron chi connectivity index (χ4n) is 4.97. The van der Waals surface area contributed by atoms with Gasteiger partial charge in [-0.15, -0.1) is 0 Å². The van der Waals surface area contributed by atoms with Crippen LogP contribution in [0.1, 0.15) is 188 Å². The Bertz CT molecular complexity index is 624. The largest absolute Gasteiger partial charge is 0.462 e. The Kier molecular flexibility index (Phi) is 31.7. The summed E-state index contributed by atoms with van der Waals surface area (Å²) in [6, 6.07) is 0. The minimum absolute atomic E-state index is 0.158. The lowest BCUT2D eigenvalue weighted by Gasteiger charge is -2.13. The van der Waals surface area contributed by atoms with Gasteiger partial charge in [0.1, 0.15) is 12.7 Å². The van der Waals surface area contributed by atoms with E-state index in [4.69, 9.17) is 9.47 Å².